The Morgan fingerprint density at radius 1 is 0.238 bits per heavy atom. The fourth-order valence-corrected chi connectivity index (χ4v) is 22.4. The van der Waals surface area contributed by atoms with Gasteiger partial charge in [0.2, 0.25) is 0 Å². The van der Waals surface area contributed by atoms with Crippen LogP contribution in [0.3, 0.4) is 0 Å². The maximum Gasteiger partial charge on any atom is 0.472 e. The summed E-state index contributed by atoms with van der Waals surface area (Å²) in [6.07, 6.45) is 129. The molecular weight excluding hydrogens is 1510 g/mol. The quantitative estimate of drug-likeness (QED) is 0.0371. The van der Waals surface area contributed by atoms with E-state index in [1.807, 2.05) is 6.92 Å². The minimum Gasteiger partial charge on any atom is -0.458 e. The van der Waals surface area contributed by atoms with Gasteiger partial charge in [-0.2, -0.15) is 0 Å². The lowest BCUT2D eigenvalue weighted by Gasteiger charge is -2.62. The van der Waals surface area contributed by atoms with E-state index in [9.17, 15) is 9.46 Å². The van der Waals surface area contributed by atoms with Gasteiger partial charge in [-0.15, -0.1) is 0 Å². The average Bonchev–Trinajstić information content (AvgIpc) is 0.718. The molecule has 0 amide bonds. The molecule has 0 aliphatic heterocycles. The van der Waals surface area contributed by atoms with E-state index in [-0.39, 0.29) is 48.3 Å². The van der Waals surface area contributed by atoms with Crippen molar-refractivity contribution < 1.29 is 28.0 Å². The van der Waals surface area contributed by atoms with Crippen LogP contribution in [0.4, 0.5) is 0 Å². The normalized spacial score (nSPS) is 13.9. The summed E-state index contributed by atoms with van der Waals surface area (Å²) >= 11 is 0. The second-order valence-corrected chi connectivity index (χ2v) is 43.0. The highest BCUT2D eigenvalue weighted by Crippen LogP contribution is 2.65. The van der Waals surface area contributed by atoms with Gasteiger partial charge >= 0.3 is 13.8 Å². The van der Waals surface area contributed by atoms with Gasteiger partial charge in [0.15, 0.2) is 0 Å². The summed E-state index contributed by atoms with van der Waals surface area (Å²) in [5, 5.41) is 0. The first-order chi connectivity index (χ1) is 59.9. The first-order valence-electron chi connectivity index (χ1n) is 57.7. The Labute approximate surface area is 770 Å². The largest absolute Gasteiger partial charge is 0.472 e. The predicted molar refractivity (Wildman–Crippen MR) is 547 cm³/mol. The Bertz CT molecular complexity index is 2020. The van der Waals surface area contributed by atoms with Crippen LogP contribution < -0.4 is 0 Å². The van der Waals surface area contributed by atoms with Crippen molar-refractivity contribution in [2.24, 2.45) is 22.7 Å². The van der Waals surface area contributed by atoms with Gasteiger partial charge in [0.25, 0.3) is 0 Å². The zero-order valence-electron chi connectivity index (χ0n) is 86.1. The topological polar surface area (TPSA) is 82.1 Å². The number of carbonyl (C=O) groups excluding carboxylic acids is 1. The van der Waals surface area contributed by atoms with Crippen LogP contribution in [-0.4, -0.2) is 29.7 Å². The summed E-state index contributed by atoms with van der Waals surface area (Å²) in [4.78, 5) is 27.8. The smallest absolute Gasteiger partial charge is 0.458 e. The molecule has 0 rings (SSSR count). The Kier molecular flexibility index (Phi) is 94.9. The third-order valence-corrected chi connectivity index (χ3v) is 30.8. The van der Waals surface area contributed by atoms with E-state index in [0.717, 1.165) is 25.7 Å². The van der Waals surface area contributed by atoms with Crippen LogP contribution in [0, 0.1) is 22.7 Å². The minimum atomic E-state index is -4.32. The van der Waals surface area contributed by atoms with Crippen molar-refractivity contribution in [1.82, 2.24) is 0 Å². The molecule has 0 radical (unpaired) electrons. The lowest BCUT2D eigenvalue weighted by Crippen LogP contribution is -2.60. The molecule has 0 aliphatic rings. The molecule has 4 unspecified atom stereocenters. The molecule has 1 N–H and O–H groups in total. The molecule has 0 heterocycles. The van der Waals surface area contributed by atoms with E-state index < -0.39 is 13.4 Å². The number of esters is 1. The first-order valence-corrected chi connectivity index (χ1v) is 59.2. The van der Waals surface area contributed by atoms with Crippen LogP contribution in [0.15, 0.2) is 0 Å². The van der Waals surface area contributed by atoms with Gasteiger partial charge in [0.1, 0.15) is 5.60 Å². The van der Waals surface area contributed by atoms with Gasteiger partial charge in [0.05, 0.1) is 19.6 Å². The molecule has 4 atom stereocenters. The number of carbonyl (C=O) groups is 1. The van der Waals surface area contributed by atoms with E-state index in [1.54, 1.807) is 0 Å². The molecule has 0 aromatic rings. The van der Waals surface area contributed by atoms with Crippen molar-refractivity contribution in [3.63, 3.8) is 0 Å². The first kappa shape index (κ1) is 122. The van der Waals surface area contributed by atoms with E-state index >= 15 is 4.79 Å². The Morgan fingerprint density at radius 3 is 0.590 bits per heavy atom. The molecule has 0 aliphatic carbocycles. The van der Waals surface area contributed by atoms with Gasteiger partial charge < -0.3 is 9.63 Å². The van der Waals surface area contributed by atoms with Gasteiger partial charge in [-0.1, -0.05) is 621 Å². The van der Waals surface area contributed by atoms with Crippen molar-refractivity contribution in [2.45, 2.75) is 698 Å². The van der Waals surface area contributed by atoms with Gasteiger partial charge in [0, 0.05) is 5.41 Å². The van der Waals surface area contributed by atoms with E-state index in [0.29, 0.717) is 6.42 Å². The number of ether oxygens (including phenoxy) is 1. The number of unbranched alkanes of at least 4 members (excludes halogenated alkanes) is 81. The third-order valence-electron chi connectivity index (χ3n) is 29.8. The molecular formula is C115H231O6P. The molecule has 0 saturated heterocycles. The van der Waals surface area contributed by atoms with Crippen LogP contribution in [0.5, 0.6) is 0 Å². The number of phosphoric ester groups is 1. The van der Waals surface area contributed by atoms with Crippen LogP contribution in [0.25, 0.3) is 0 Å². The van der Waals surface area contributed by atoms with Crippen LogP contribution in [-0.2, 0) is 23.1 Å². The maximum atomic E-state index is 16.7. The summed E-state index contributed by atoms with van der Waals surface area (Å²) in [6.45, 7) is 23.0. The van der Waals surface area contributed by atoms with E-state index in [4.69, 9.17) is 13.8 Å². The molecule has 0 spiro atoms. The lowest BCUT2D eigenvalue weighted by molar-refractivity contribution is -0.219. The summed E-state index contributed by atoms with van der Waals surface area (Å²) < 4.78 is 33.6. The van der Waals surface area contributed by atoms with Gasteiger partial charge in [-0.25, -0.2) is 4.57 Å². The minimum absolute atomic E-state index is 0.0127. The molecule has 0 aromatic heterocycles. The highest BCUT2D eigenvalue weighted by molar-refractivity contribution is 7.47. The molecule has 7 heteroatoms. The third kappa shape index (κ3) is 74.2. The van der Waals surface area contributed by atoms with Gasteiger partial charge in [-0.3, -0.25) is 13.8 Å². The van der Waals surface area contributed by atoms with Crippen LogP contribution in [0.1, 0.15) is 692 Å². The predicted octanol–water partition coefficient (Wildman–Crippen LogP) is 42.6. The molecule has 0 fully saturated rings. The SMILES string of the molecule is CCCCCCCCCCCCCCCC(CCCCCCCCCCCCCC)(CCCCCCCCCCCCCCC)C(CCCCCCCCCCCCCC)(CCCCCCCCCCCCCCC)C(CCCCCCCCCCCCCC)(CCCCCCCCCCCCCCC)OC(=O)CC(COP(=O)(O)OCCC)C(C)C. The number of hydrogen-bond acceptors (Lipinski definition) is 5. The Balaban J connectivity index is 9.18. The van der Waals surface area contributed by atoms with Crippen LogP contribution >= 0.6 is 7.82 Å². The van der Waals surface area contributed by atoms with E-state index in [2.05, 4.69) is 62.3 Å². The second-order valence-electron chi connectivity index (χ2n) is 41.5. The lowest BCUT2D eigenvalue weighted by atomic mass is 9.45. The highest BCUT2D eigenvalue weighted by atomic mass is 31.2. The van der Waals surface area contributed by atoms with Crippen molar-refractivity contribution in [3.05, 3.63) is 0 Å². The zero-order valence-corrected chi connectivity index (χ0v) is 87.0. The standard InChI is InChI=1S/C115H231O6P/c1-11-19-26-33-40-47-54-61-66-73-80-87-94-101-113(100-93-86-79-72-65-58-51-44-37-30-23-15-5,102-95-88-81-74-67-62-55-48-41-34-27-20-12-2)114(103-96-89-82-75-68-59-52-45-38-31-24-16-6,104-97-90-83-76-69-63-56-49-42-35-28-21-13-3)115(105-98-91-84-77-70-60-53-46-39-32-25-17-7,106-99-92-85-78-71-64-57-50-43-36-29-22-14-4)121-112(116)108-111(110(9)10)109-120-122(117,118)119-107-18-8/h110-111H,11-109H2,1-10H3,(H,117,118). The van der Waals surface area contributed by atoms with E-state index in [1.165, 1.54) is 584 Å². The fourth-order valence-electron chi connectivity index (χ4n) is 21.5. The fraction of sp³-hybridized carbons (Fsp3) is 0.991. The monoisotopic (exact) mass is 1740 g/mol. The summed E-state index contributed by atoms with van der Waals surface area (Å²) in [7, 11) is -4.32. The molecule has 122 heavy (non-hydrogen) atoms. The summed E-state index contributed by atoms with van der Waals surface area (Å²) in [5.74, 6) is -0.273. The molecule has 6 nitrogen and oxygen atoms in total. The number of rotatable bonds is 107. The van der Waals surface area contributed by atoms with Crippen molar-refractivity contribution in [2.75, 3.05) is 13.2 Å². The molecule has 732 valence electrons. The maximum absolute atomic E-state index is 16.7. The zero-order chi connectivity index (χ0) is 88.9. The molecule has 0 aromatic carbocycles. The van der Waals surface area contributed by atoms with Crippen molar-refractivity contribution in [3.8, 4) is 0 Å². The second kappa shape index (κ2) is 95.2. The average molecular weight is 1740 g/mol. The summed E-state index contributed by atoms with van der Waals surface area (Å²) in [5.41, 5.74) is -0.783. The molecule has 0 bridgehead atoms. The highest BCUT2D eigenvalue weighted by Gasteiger charge is 2.62. The van der Waals surface area contributed by atoms with Crippen molar-refractivity contribution in [1.29, 1.82) is 0 Å². The molecule has 0 saturated carbocycles. The Morgan fingerprint density at radius 2 is 0.410 bits per heavy atom. The van der Waals surface area contributed by atoms with Crippen LogP contribution in [0.2, 0.25) is 0 Å². The Hall–Kier alpha value is -0.420. The number of phosphoric acid groups is 1. The van der Waals surface area contributed by atoms with Gasteiger partial charge in [-0.05, 0) is 81.5 Å². The number of hydrogen-bond donors (Lipinski definition) is 1. The van der Waals surface area contributed by atoms with Crippen molar-refractivity contribution >= 4 is 13.8 Å². The summed E-state index contributed by atoms with van der Waals surface area (Å²) in [6, 6.07) is 0.